The standard InChI is InChI=1S/C26H27ClN2O7S/c1-4-13-35-22-12-11-19(16-23(22)34-5-2)26(30)29-28-17-18-14-21(27)25(24(15-18)33-3)36-37(31,32)20-9-7-6-8-10-20/h6-12,14-17H,4-5,13H2,1-3H3,(H,29,30)/b28-17+. The number of carbonyl (C=O) groups is 1. The Morgan fingerprint density at radius 1 is 1.00 bits per heavy atom. The van der Waals surface area contributed by atoms with Crippen molar-refractivity contribution in [1.29, 1.82) is 0 Å². The van der Waals surface area contributed by atoms with Gasteiger partial charge in [-0.15, -0.1) is 0 Å². The Hall–Kier alpha value is -3.76. The maximum absolute atomic E-state index is 12.6. The molecule has 0 fully saturated rings. The minimum Gasteiger partial charge on any atom is -0.493 e. The van der Waals surface area contributed by atoms with Gasteiger partial charge in [0.2, 0.25) is 5.75 Å². The number of hydrogen-bond donors (Lipinski definition) is 1. The van der Waals surface area contributed by atoms with Crippen LogP contribution in [0.2, 0.25) is 5.02 Å². The quantitative estimate of drug-likeness (QED) is 0.192. The molecule has 0 spiro atoms. The van der Waals surface area contributed by atoms with Crippen LogP contribution < -0.4 is 23.8 Å². The molecule has 37 heavy (non-hydrogen) atoms. The molecule has 0 heterocycles. The summed E-state index contributed by atoms with van der Waals surface area (Å²) in [4.78, 5) is 12.6. The lowest BCUT2D eigenvalue weighted by atomic mass is 10.2. The fourth-order valence-electron chi connectivity index (χ4n) is 3.12. The molecule has 3 aromatic rings. The third-order valence-electron chi connectivity index (χ3n) is 4.82. The van der Waals surface area contributed by atoms with E-state index in [1.165, 1.54) is 37.6 Å². The fraction of sp³-hybridized carbons (Fsp3) is 0.231. The molecule has 3 rings (SSSR count). The van der Waals surface area contributed by atoms with Gasteiger partial charge in [-0.1, -0.05) is 36.7 Å². The Bertz CT molecular complexity index is 1360. The van der Waals surface area contributed by atoms with Crippen LogP contribution in [0.25, 0.3) is 0 Å². The van der Waals surface area contributed by atoms with Crippen molar-refractivity contribution in [3.63, 3.8) is 0 Å². The summed E-state index contributed by atoms with van der Waals surface area (Å²) in [7, 11) is -2.78. The number of benzene rings is 3. The lowest BCUT2D eigenvalue weighted by molar-refractivity contribution is 0.0954. The van der Waals surface area contributed by atoms with Crippen LogP contribution >= 0.6 is 11.6 Å². The number of ether oxygens (including phenoxy) is 3. The van der Waals surface area contributed by atoms with E-state index in [2.05, 4.69) is 10.5 Å². The molecule has 0 saturated carbocycles. The summed E-state index contributed by atoms with van der Waals surface area (Å²) in [6, 6.07) is 15.4. The van der Waals surface area contributed by atoms with Gasteiger partial charge in [-0.05, 0) is 61.4 Å². The largest absolute Gasteiger partial charge is 0.493 e. The number of hydrogen-bond acceptors (Lipinski definition) is 8. The van der Waals surface area contributed by atoms with Crippen LogP contribution in [0, 0.1) is 0 Å². The third-order valence-corrected chi connectivity index (χ3v) is 6.34. The van der Waals surface area contributed by atoms with Crippen molar-refractivity contribution in [1.82, 2.24) is 5.43 Å². The molecule has 0 unspecified atom stereocenters. The predicted molar refractivity (Wildman–Crippen MR) is 141 cm³/mol. The normalized spacial score (nSPS) is 11.2. The monoisotopic (exact) mass is 546 g/mol. The van der Waals surface area contributed by atoms with Crippen molar-refractivity contribution >= 4 is 33.8 Å². The first kappa shape index (κ1) is 27.8. The number of hydrazone groups is 1. The number of rotatable bonds is 12. The van der Waals surface area contributed by atoms with Gasteiger partial charge in [0, 0.05) is 5.56 Å². The van der Waals surface area contributed by atoms with Crippen LogP contribution in [0.1, 0.15) is 36.2 Å². The van der Waals surface area contributed by atoms with Crippen molar-refractivity contribution in [3.8, 4) is 23.0 Å². The average Bonchev–Trinajstić information content (AvgIpc) is 2.89. The molecule has 0 atom stereocenters. The zero-order valence-corrected chi connectivity index (χ0v) is 22.1. The number of carbonyl (C=O) groups excluding carboxylic acids is 1. The van der Waals surface area contributed by atoms with Gasteiger partial charge in [0.25, 0.3) is 5.91 Å². The topological polar surface area (TPSA) is 113 Å². The van der Waals surface area contributed by atoms with Gasteiger partial charge in [0.15, 0.2) is 17.2 Å². The summed E-state index contributed by atoms with van der Waals surface area (Å²) in [5, 5.41) is 3.95. The van der Waals surface area contributed by atoms with Crippen molar-refractivity contribution in [3.05, 3.63) is 76.8 Å². The van der Waals surface area contributed by atoms with Gasteiger partial charge in [-0.3, -0.25) is 4.79 Å². The molecule has 0 bridgehead atoms. The van der Waals surface area contributed by atoms with Crippen LogP contribution in [-0.2, 0) is 10.1 Å². The number of methoxy groups -OCH3 is 1. The first-order valence-electron chi connectivity index (χ1n) is 11.4. The Kier molecular flexibility index (Phi) is 9.76. The van der Waals surface area contributed by atoms with Crippen LogP contribution in [0.5, 0.6) is 23.0 Å². The highest BCUT2D eigenvalue weighted by molar-refractivity contribution is 7.87. The van der Waals surface area contributed by atoms with E-state index in [0.29, 0.717) is 35.8 Å². The van der Waals surface area contributed by atoms with Crippen molar-refractivity contribution in [2.24, 2.45) is 5.10 Å². The first-order chi connectivity index (χ1) is 17.8. The van der Waals surface area contributed by atoms with E-state index in [-0.39, 0.29) is 21.4 Å². The molecule has 0 aromatic heterocycles. The summed E-state index contributed by atoms with van der Waals surface area (Å²) in [6.45, 7) is 4.79. The van der Waals surface area contributed by atoms with Crippen molar-refractivity contribution in [2.45, 2.75) is 25.2 Å². The molecule has 0 aliphatic carbocycles. The second-order valence-corrected chi connectivity index (χ2v) is 9.48. The molecule has 1 amide bonds. The Morgan fingerprint density at radius 3 is 2.43 bits per heavy atom. The van der Waals surface area contributed by atoms with E-state index >= 15 is 0 Å². The van der Waals surface area contributed by atoms with Gasteiger partial charge >= 0.3 is 10.1 Å². The summed E-state index contributed by atoms with van der Waals surface area (Å²) in [5.41, 5.74) is 3.20. The summed E-state index contributed by atoms with van der Waals surface area (Å²) in [5.74, 6) is 0.463. The number of nitrogens with zero attached hydrogens (tertiary/aromatic N) is 1. The molecule has 11 heteroatoms. The number of amides is 1. The van der Waals surface area contributed by atoms with Gasteiger partial charge in [0.05, 0.1) is 31.6 Å². The molecule has 0 radical (unpaired) electrons. The van der Waals surface area contributed by atoms with Gasteiger partial charge in [-0.25, -0.2) is 5.43 Å². The zero-order chi connectivity index (χ0) is 26.8. The van der Waals surface area contributed by atoms with Gasteiger partial charge in [0.1, 0.15) is 4.90 Å². The molecule has 0 aliphatic rings. The lowest BCUT2D eigenvalue weighted by Gasteiger charge is -2.13. The van der Waals surface area contributed by atoms with Crippen LogP contribution in [0.3, 0.4) is 0 Å². The second-order valence-electron chi connectivity index (χ2n) is 7.53. The van der Waals surface area contributed by atoms with Crippen LogP contribution in [0.4, 0.5) is 0 Å². The van der Waals surface area contributed by atoms with Crippen molar-refractivity contribution < 1.29 is 31.6 Å². The highest BCUT2D eigenvalue weighted by Crippen LogP contribution is 2.38. The van der Waals surface area contributed by atoms with Crippen molar-refractivity contribution in [2.75, 3.05) is 20.3 Å². The van der Waals surface area contributed by atoms with E-state index in [1.54, 1.807) is 36.4 Å². The Balaban J connectivity index is 1.75. The fourth-order valence-corrected chi connectivity index (χ4v) is 4.40. The highest BCUT2D eigenvalue weighted by atomic mass is 35.5. The zero-order valence-electron chi connectivity index (χ0n) is 20.6. The average molecular weight is 547 g/mol. The maximum atomic E-state index is 12.6. The number of halogens is 1. The summed E-state index contributed by atoms with van der Waals surface area (Å²) >= 11 is 6.30. The van der Waals surface area contributed by atoms with E-state index in [9.17, 15) is 13.2 Å². The predicted octanol–water partition coefficient (Wildman–Crippen LogP) is 5.07. The molecule has 9 nitrogen and oxygen atoms in total. The minimum atomic E-state index is -4.13. The van der Waals surface area contributed by atoms with E-state index < -0.39 is 16.0 Å². The molecule has 0 saturated heterocycles. The summed E-state index contributed by atoms with van der Waals surface area (Å²) in [6.07, 6.45) is 2.18. The first-order valence-corrected chi connectivity index (χ1v) is 13.2. The van der Waals surface area contributed by atoms with E-state index in [4.69, 9.17) is 30.0 Å². The van der Waals surface area contributed by atoms with Crippen LogP contribution in [-0.4, -0.2) is 40.9 Å². The highest BCUT2D eigenvalue weighted by Gasteiger charge is 2.22. The molecule has 196 valence electrons. The lowest BCUT2D eigenvalue weighted by Crippen LogP contribution is -2.18. The molecule has 1 N–H and O–H groups in total. The SMILES string of the molecule is CCCOc1ccc(C(=O)N/N=C/c2cc(Cl)c(OS(=O)(=O)c3ccccc3)c(OC)c2)cc1OCC. The molecule has 3 aromatic carbocycles. The van der Waals surface area contributed by atoms with Crippen LogP contribution in [0.15, 0.2) is 70.7 Å². The third kappa shape index (κ3) is 7.37. The number of nitrogens with one attached hydrogen (secondary N) is 1. The maximum Gasteiger partial charge on any atom is 0.339 e. The van der Waals surface area contributed by atoms with Gasteiger partial charge in [-0.2, -0.15) is 13.5 Å². The summed E-state index contributed by atoms with van der Waals surface area (Å²) < 4.78 is 46.9. The second kappa shape index (κ2) is 13.0. The molecular formula is C26H27ClN2O7S. The molecular weight excluding hydrogens is 520 g/mol. The van der Waals surface area contributed by atoms with E-state index in [1.807, 2.05) is 13.8 Å². The Morgan fingerprint density at radius 2 is 1.76 bits per heavy atom. The molecule has 0 aliphatic heterocycles. The van der Waals surface area contributed by atoms with Gasteiger partial charge < -0.3 is 18.4 Å². The van der Waals surface area contributed by atoms with E-state index in [0.717, 1.165) is 6.42 Å². The minimum absolute atomic E-state index is 0.0179. The smallest absolute Gasteiger partial charge is 0.339 e. The Labute approximate surface area is 221 Å².